The zero-order valence-electron chi connectivity index (χ0n) is 8.87. The van der Waals surface area contributed by atoms with Crippen LogP contribution >= 0.6 is 22.9 Å². The van der Waals surface area contributed by atoms with Crippen molar-refractivity contribution in [3.05, 3.63) is 21.3 Å². The van der Waals surface area contributed by atoms with Gasteiger partial charge in [-0.15, -0.1) is 11.3 Å². The monoisotopic (exact) mass is 249 g/mol. The molecule has 0 spiro atoms. The van der Waals surface area contributed by atoms with Crippen molar-refractivity contribution < 1.29 is 9.84 Å². The quantitative estimate of drug-likeness (QED) is 0.811. The van der Waals surface area contributed by atoms with Gasteiger partial charge in [0.15, 0.2) is 0 Å². The summed E-state index contributed by atoms with van der Waals surface area (Å²) in [5.74, 6) is 0. The molecular formula is C10H16ClNO2S. The van der Waals surface area contributed by atoms with Crippen LogP contribution in [0.4, 0.5) is 0 Å². The second-order valence-corrected chi connectivity index (χ2v) is 4.95. The Morgan fingerprint density at radius 2 is 2.40 bits per heavy atom. The molecule has 0 aliphatic rings. The van der Waals surface area contributed by atoms with E-state index in [2.05, 4.69) is 5.32 Å². The molecule has 0 aliphatic carbocycles. The number of halogens is 1. The molecule has 0 saturated carbocycles. The van der Waals surface area contributed by atoms with E-state index in [0.717, 1.165) is 9.90 Å². The van der Waals surface area contributed by atoms with Gasteiger partial charge < -0.3 is 15.2 Å². The fourth-order valence-electron chi connectivity index (χ4n) is 1.35. The van der Waals surface area contributed by atoms with E-state index in [-0.39, 0.29) is 18.7 Å². The summed E-state index contributed by atoms with van der Waals surface area (Å²) >= 11 is 7.37. The highest BCUT2D eigenvalue weighted by Gasteiger charge is 2.13. The smallest absolute Gasteiger partial charge is 0.0931 e. The van der Waals surface area contributed by atoms with E-state index in [9.17, 15) is 0 Å². The van der Waals surface area contributed by atoms with E-state index in [4.69, 9.17) is 21.4 Å². The van der Waals surface area contributed by atoms with Crippen molar-refractivity contribution in [1.29, 1.82) is 0 Å². The molecule has 0 bridgehead atoms. The molecule has 86 valence electrons. The molecule has 0 aromatic carbocycles. The second-order valence-electron chi connectivity index (χ2n) is 3.41. The maximum absolute atomic E-state index is 9.09. The Bertz CT molecular complexity index is 293. The average molecular weight is 250 g/mol. The molecule has 0 amide bonds. The third-order valence-corrected chi connectivity index (χ3v) is 3.27. The molecule has 3 nitrogen and oxygen atoms in total. The number of aliphatic hydroxyl groups excluding tert-OH is 1. The molecule has 2 unspecified atom stereocenters. The first-order valence-electron chi connectivity index (χ1n) is 4.77. The maximum atomic E-state index is 9.09. The van der Waals surface area contributed by atoms with Gasteiger partial charge in [0.05, 0.1) is 23.6 Å². The third kappa shape index (κ3) is 4.09. The highest BCUT2D eigenvalue weighted by Crippen LogP contribution is 2.24. The first kappa shape index (κ1) is 12.9. The summed E-state index contributed by atoms with van der Waals surface area (Å²) in [6, 6.07) is 2.07. The molecule has 0 fully saturated rings. The Hall–Kier alpha value is -0.130. The number of rotatable bonds is 6. The van der Waals surface area contributed by atoms with Crippen molar-refractivity contribution in [2.45, 2.75) is 19.0 Å². The van der Waals surface area contributed by atoms with Crippen LogP contribution in [0.15, 0.2) is 11.4 Å². The van der Waals surface area contributed by atoms with Gasteiger partial charge in [-0.2, -0.15) is 0 Å². The van der Waals surface area contributed by atoms with E-state index in [0.29, 0.717) is 6.61 Å². The number of ether oxygens (including phenoxy) is 1. The van der Waals surface area contributed by atoms with Gasteiger partial charge in [-0.25, -0.2) is 0 Å². The Balaban J connectivity index is 2.50. The topological polar surface area (TPSA) is 41.5 Å². The van der Waals surface area contributed by atoms with Crippen molar-refractivity contribution in [2.75, 3.05) is 20.3 Å². The van der Waals surface area contributed by atoms with E-state index >= 15 is 0 Å². The molecule has 5 heteroatoms. The number of nitrogens with one attached hydrogen (secondary N) is 1. The number of aliphatic hydroxyl groups is 1. The highest BCUT2D eigenvalue weighted by atomic mass is 35.5. The molecule has 15 heavy (non-hydrogen) atoms. The summed E-state index contributed by atoms with van der Waals surface area (Å²) in [5, 5.41) is 14.4. The van der Waals surface area contributed by atoms with E-state index in [1.165, 1.54) is 11.3 Å². The minimum atomic E-state index is -0.0383. The Morgan fingerprint density at radius 1 is 1.67 bits per heavy atom. The van der Waals surface area contributed by atoms with Gasteiger partial charge in [-0.1, -0.05) is 11.6 Å². The van der Waals surface area contributed by atoms with Crippen molar-refractivity contribution in [1.82, 2.24) is 5.32 Å². The molecule has 0 radical (unpaired) electrons. The molecule has 1 aromatic heterocycles. The third-order valence-electron chi connectivity index (χ3n) is 2.16. The van der Waals surface area contributed by atoms with Gasteiger partial charge in [-0.05, 0) is 23.9 Å². The van der Waals surface area contributed by atoms with E-state index < -0.39 is 0 Å². The summed E-state index contributed by atoms with van der Waals surface area (Å²) in [4.78, 5) is 0. The van der Waals surface area contributed by atoms with E-state index in [1.807, 2.05) is 18.4 Å². The number of hydrogen-bond acceptors (Lipinski definition) is 4. The van der Waals surface area contributed by atoms with Crippen LogP contribution in [0.1, 0.15) is 18.5 Å². The van der Waals surface area contributed by atoms with Crippen LogP contribution in [0.2, 0.25) is 4.34 Å². The van der Waals surface area contributed by atoms with Crippen molar-refractivity contribution in [3.8, 4) is 0 Å². The normalized spacial score (nSPS) is 15.2. The lowest BCUT2D eigenvalue weighted by atomic mass is 10.1. The summed E-state index contributed by atoms with van der Waals surface area (Å²) < 4.78 is 5.77. The fourth-order valence-corrected chi connectivity index (χ4v) is 2.34. The molecule has 0 saturated heterocycles. The number of hydrogen-bond donors (Lipinski definition) is 2. The SMILES string of the molecule is COCC(CO)NC(C)c1csc(Cl)c1. The molecule has 0 aliphatic heterocycles. The standard InChI is InChI=1S/C10H16ClNO2S/c1-7(8-3-10(11)15-6-8)12-9(4-13)5-14-2/h3,6-7,9,12-13H,4-5H2,1-2H3. The molecule has 2 N–H and O–H groups in total. The van der Waals surface area contributed by atoms with Gasteiger partial charge in [0.1, 0.15) is 0 Å². The maximum Gasteiger partial charge on any atom is 0.0931 e. The molecule has 1 aromatic rings. The van der Waals surface area contributed by atoms with Gasteiger partial charge in [0.25, 0.3) is 0 Å². The minimum absolute atomic E-state index is 0.0383. The van der Waals surface area contributed by atoms with Crippen LogP contribution in [0.3, 0.4) is 0 Å². The lowest BCUT2D eigenvalue weighted by Crippen LogP contribution is -2.37. The first-order valence-corrected chi connectivity index (χ1v) is 6.03. The Morgan fingerprint density at radius 3 is 2.87 bits per heavy atom. The fraction of sp³-hybridized carbons (Fsp3) is 0.600. The van der Waals surface area contributed by atoms with Crippen LogP contribution in [0.25, 0.3) is 0 Å². The van der Waals surface area contributed by atoms with Gasteiger partial charge in [0.2, 0.25) is 0 Å². The molecule has 1 rings (SSSR count). The number of thiophene rings is 1. The Labute approximate surface area is 99.0 Å². The van der Waals surface area contributed by atoms with Gasteiger partial charge in [-0.3, -0.25) is 0 Å². The lowest BCUT2D eigenvalue weighted by molar-refractivity contribution is 0.123. The van der Waals surface area contributed by atoms with Crippen LogP contribution in [-0.4, -0.2) is 31.5 Å². The summed E-state index contributed by atoms with van der Waals surface area (Å²) in [5.41, 5.74) is 1.14. The van der Waals surface area contributed by atoms with E-state index in [1.54, 1.807) is 7.11 Å². The minimum Gasteiger partial charge on any atom is -0.395 e. The zero-order valence-corrected chi connectivity index (χ0v) is 10.4. The predicted molar refractivity (Wildman–Crippen MR) is 63.6 cm³/mol. The summed E-state index contributed by atoms with van der Waals surface area (Å²) in [6.45, 7) is 2.60. The zero-order chi connectivity index (χ0) is 11.3. The first-order chi connectivity index (χ1) is 7.17. The summed E-state index contributed by atoms with van der Waals surface area (Å²) in [7, 11) is 1.62. The molecule has 1 heterocycles. The van der Waals surface area contributed by atoms with Crippen LogP contribution in [-0.2, 0) is 4.74 Å². The highest BCUT2D eigenvalue weighted by molar-refractivity contribution is 7.14. The molecular weight excluding hydrogens is 234 g/mol. The summed E-state index contributed by atoms with van der Waals surface area (Å²) in [6.07, 6.45) is 0. The average Bonchev–Trinajstić information content (AvgIpc) is 2.64. The predicted octanol–water partition coefficient (Wildman–Crippen LogP) is 2.06. The van der Waals surface area contributed by atoms with Crippen LogP contribution < -0.4 is 5.32 Å². The van der Waals surface area contributed by atoms with Crippen molar-refractivity contribution in [2.24, 2.45) is 0 Å². The molecule has 2 atom stereocenters. The van der Waals surface area contributed by atoms with Crippen LogP contribution in [0, 0.1) is 0 Å². The van der Waals surface area contributed by atoms with Crippen molar-refractivity contribution >= 4 is 22.9 Å². The Kier molecular flexibility index (Phi) is 5.56. The van der Waals surface area contributed by atoms with Crippen LogP contribution in [0.5, 0.6) is 0 Å². The van der Waals surface area contributed by atoms with Gasteiger partial charge in [0, 0.05) is 13.2 Å². The largest absolute Gasteiger partial charge is 0.395 e. The lowest BCUT2D eigenvalue weighted by Gasteiger charge is -2.20. The van der Waals surface area contributed by atoms with Crippen molar-refractivity contribution in [3.63, 3.8) is 0 Å². The second kappa shape index (κ2) is 6.45. The number of methoxy groups -OCH3 is 1. The van der Waals surface area contributed by atoms with Gasteiger partial charge >= 0.3 is 0 Å².